The van der Waals surface area contributed by atoms with Gasteiger partial charge in [-0.05, 0) is 6.92 Å². The van der Waals surface area contributed by atoms with E-state index in [1.165, 1.54) is 0 Å². The molecular weight excluding hydrogens is 399 g/mol. The monoisotopic (exact) mass is 406 g/mol. The Bertz CT molecular complexity index is 494. The molecule has 0 fully saturated rings. The number of carbonyl (C=O) groups excluding carboxylic acids is 1. The van der Waals surface area contributed by atoms with Crippen LogP contribution in [0.3, 0.4) is 0 Å². The summed E-state index contributed by atoms with van der Waals surface area (Å²) in [6, 6.07) is 0. The first-order chi connectivity index (χ1) is 10.7. The fourth-order valence-electron chi connectivity index (χ4n) is 1.31. The van der Waals surface area contributed by atoms with Crippen molar-refractivity contribution < 1.29 is 66.6 Å². The number of esters is 1. The third-order valence-electron chi connectivity index (χ3n) is 2.67. The van der Waals surface area contributed by atoms with Crippen molar-refractivity contribution in [2.24, 2.45) is 0 Å². The van der Waals surface area contributed by atoms with Gasteiger partial charge in [0.2, 0.25) is 0 Å². The number of carbonyl (C=O) groups is 1. The largest absolute Gasteiger partial charge is 0.466 e. The van der Waals surface area contributed by atoms with Crippen LogP contribution in [0.1, 0.15) is 13.3 Å². The van der Waals surface area contributed by atoms with Crippen molar-refractivity contribution in [3.05, 3.63) is 0 Å². The van der Waals surface area contributed by atoms with E-state index < -0.39 is 54.8 Å². The van der Waals surface area contributed by atoms with Gasteiger partial charge < -0.3 is 4.74 Å². The molecule has 0 amide bonds. The first-order valence-electron chi connectivity index (χ1n) is 5.82. The molecule has 0 aromatic rings. The Balaban J connectivity index is 6.07. The first kappa shape index (κ1) is 23.6. The van der Waals surface area contributed by atoms with Gasteiger partial charge in [0.05, 0.1) is 6.61 Å². The summed E-state index contributed by atoms with van der Waals surface area (Å²) in [7, 11) is 0. The Morgan fingerprint density at radius 2 is 1.04 bits per heavy atom. The van der Waals surface area contributed by atoms with E-state index in [0.29, 0.717) is 0 Å². The Morgan fingerprint density at radius 1 is 0.680 bits per heavy atom. The van der Waals surface area contributed by atoms with Crippen LogP contribution in [-0.4, -0.2) is 48.4 Å². The van der Waals surface area contributed by atoms with Crippen LogP contribution in [0.2, 0.25) is 0 Å². The normalized spacial score (nSPS) is 15.3. The van der Waals surface area contributed by atoms with E-state index in [1.807, 2.05) is 0 Å². The first-order valence-corrected chi connectivity index (χ1v) is 5.82. The predicted molar refractivity (Wildman–Crippen MR) is 52.0 cm³/mol. The fraction of sp³-hybridized carbons (Fsp3) is 0.900. The van der Waals surface area contributed by atoms with Gasteiger partial charge in [-0.2, -0.15) is 57.1 Å². The zero-order chi connectivity index (χ0) is 20.7. The maximum atomic E-state index is 13.1. The smallest absolute Gasteiger partial charge is 0.460 e. The molecule has 25 heavy (non-hydrogen) atoms. The summed E-state index contributed by atoms with van der Waals surface area (Å²) in [5.41, 5.74) is 0. The number of halogens is 13. The van der Waals surface area contributed by atoms with Gasteiger partial charge in [0, 0.05) is 0 Å². The maximum absolute atomic E-state index is 13.1. The van der Waals surface area contributed by atoms with Gasteiger partial charge in [-0.25, -0.2) is 0 Å². The Labute approximate surface area is 129 Å². The van der Waals surface area contributed by atoms with E-state index >= 15 is 0 Å². The van der Waals surface area contributed by atoms with Crippen LogP contribution < -0.4 is 0 Å². The molecule has 0 radical (unpaired) electrons. The van der Waals surface area contributed by atoms with E-state index in [0.717, 1.165) is 6.92 Å². The van der Waals surface area contributed by atoms with Gasteiger partial charge in [0.15, 0.2) is 0 Å². The lowest BCUT2D eigenvalue weighted by molar-refractivity contribution is -0.439. The Hall–Kier alpha value is -1.44. The molecule has 0 unspecified atom stereocenters. The number of alkyl halides is 13. The summed E-state index contributed by atoms with van der Waals surface area (Å²) >= 11 is 0. The van der Waals surface area contributed by atoms with E-state index in [4.69, 9.17) is 0 Å². The third-order valence-corrected chi connectivity index (χ3v) is 2.67. The van der Waals surface area contributed by atoms with Crippen LogP contribution in [0, 0.1) is 0 Å². The summed E-state index contributed by atoms with van der Waals surface area (Å²) < 4.78 is 168. The van der Waals surface area contributed by atoms with Crippen molar-refractivity contribution in [1.29, 1.82) is 0 Å². The average molecular weight is 406 g/mol. The van der Waals surface area contributed by atoms with Gasteiger partial charge in [0.25, 0.3) is 0 Å². The van der Waals surface area contributed by atoms with Gasteiger partial charge in [-0.15, -0.1) is 0 Å². The summed E-state index contributed by atoms with van der Waals surface area (Å²) in [6.45, 7) is 0.208. The highest BCUT2D eigenvalue weighted by atomic mass is 19.4. The van der Waals surface area contributed by atoms with Crippen LogP contribution in [0.4, 0.5) is 57.1 Å². The molecule has 0 aromatic heterocycles. The number of hydrogen-bond acceptors (Lipinski definition) is 2. The lowest BCUT2D eigenvalue weighted by Gasteiger charge is -2.39. The average Bonchev–Trinajstić information content (AvgIpc) is 2.35. The summed E-state index contributed by atoms with van der Waals surface area (Å²) in [5, 5.41) is 0. The molecule has 0 bridgehead atoms. The van der Waals surface area contributed by atoms with Gasteiger partial charge >= 0.3 is 41.8 Å². The molecule has 0 atom stereocenters. The third kappa shape index (κ3) is 3.59. The van der Waals surface area contributed by atoms with Crippen molar-refractivity contribution in [1.82, 2.24) is 0 Å². The molecule has 0 saturated carbocycles. The minimum atomic E-state index is -7.97. The molecule has 150 valence electrons. The lowest BCUT2D eigenvalue weighted by Crippen LogP contribution is -2.70. The molecule has 0 aromatic carbocycles. The molecule has 0 spiro atoms. The second-order valence-corrected chi connectivity index (χ2v) is 4.48. The SMILES string of the molecule is CCOC(=O)CC(F)(F)C(F)(F)C(F)(F)C(F)(F)C(F)(F)C(F)(F)F. The lowest BCUT2D eigenvalue weighted by atomic mass is 9.92. The molecule has 0 rings (SSSR count). The number of ether oxygens (including phenoxy) is 1. The zero-order valence-electron chi connectivity index (χ0n) is 11.6. The Morgan fingerprint density at radius 3 is 1.36 bits per heavy atom. The summed E-state index contributed by atoms with van der Waals surface area (Å²) in [4.78, 5) is 10.6. The van der Waals surface area contributed by atoms with Crippen LogP contribution in [0.5, 0.6) is 0 Å². The minimum Gasteiger partial charge on any atom is -0.466 e. The fourth-order valence-corrected chi connectivity index (χ4v) is 1.31. The van der Waals surface area contributed by atoms with Crippen molar-refractivity contribution in [3.63, 3.8) is 0 Å². The van der Waals surface area contributed by atoms with E-state index in [1.54, 1.807) is 0 Å². The Kier molecular flexibility index (Phi) is 6.01. The predicted octanol–water partition coefficient (Wildman–Crippen LogP) is 4.68. The van der Waals surface area contributed by atoms with Gasteiger partial charge in [-0.3, -0.25) is 4.79 Å². The van der Waals surface area contributed by atoms with Crippen LogP contribution in [0.15, 0.2) is 0 Å². The van der Waals surface area contributed by atoms with E-state index in [2.05, 4.69) is 4.74 Å². The quantitative estimate of drug-likeness (QED) is 0.454. The van der Waals surface area contributed by atoms with Crippen molar-refractivity contribution >= 4 is 5.97 Å². The number of hydrogen-bond donors (Lipinski definition) is 0. The zero-order valence-corrected chi connectivity index (χ0v) is 11.6. The second-order valence-electron chi connectivity index (χ2n) is 4.48. The molecule has 0 saturated heterocycles. The molecule has 0 heterocycles. The molecule has 15 heteroatoms. The standard InChI is InChI=1S/C10H7F13O2/c1-2-25-4(24)3-5(11,12)6(13,14)7(15,16)8(17,18)9(19,20)10(21,22)23/h2-3H2,1H3. The highest BCUT2D eigenvalue weighted by Gasteiger charge is 2.90. The van der Waals surface area contributed by atoms with Crippen molar-refractivity contribution in [2.75, 3.05) is 6.61 Å². The van der Waals surface area contributed by atoms with Crippen LogP contribution in [-0.2, 0) is 9.53 Å². The van der Waals surface area contributed by atoms with Crippen molar-refractivity contribution in [2.45, 2.75) is 49.1 Å². The van der Waals surface area contributed by atoms with Gasteiger partial charge in [0.1, 0.15) is 6.42 Å². The molecule has 2 nitrogen and oxygen atoms in total. The van der Waals surface area contributed by atoms with Crippen LogP contribution >= 0.6 is 0 Å². The molecule has 0 aliphatic rings. The topological polar surface area (TPSA) is 26.3 Å². The second kappa shape index (κ2) is 6.37. The molecule has 0 N–H and O–H groups in total. The summed E-state index contributed by atoms with van der Waals surface area (Å²) in [6.07, 6.45) is -10.4. The molecular formula is C10H7F13O2. The molecule has 0 aliphatic carbocycles. The van der Waals surface area contributed by atoms with E-state index in [9.17, 15) is 61.9 Å². The maximum Gasteiger partial charge on any atom is 0.460 e. The highest BCUT2D eigenvalue weighted by molar-refractivity contribution is 5.70. The minimum absolute atomic E-state index is 0.737. The molecule has 0 aliphatic heterocycles. The number of rotatable bonds is 7. The highest BCUT2D eigenvalue weighted by Crippen LogP contribution is 2.60. The van der Waals surface area contributed by atoms with Crippen LogP contribution in [0.25, 0.3) is 0 Å². The van der Waals surface area contributed by atoms with E-state index in [-0.39, 0.29) is 0 Å². The summed E-state index contributed by atoms with van der Waals surface area (Å²) in [5.74, 6) is -39.9. The van der Waals surface area contributed by atoms with Crippen molar-refractivity contribution in [3.8, 4) is 0 Å². The van der Waals surface area contributed by atoms with Gasteiger partial charge in [-0.1, -0.05) is 0 Å².